The number of ether oxygens (including phenoxy) is 2. The number of thiophene rings is 1. The fraction of sp³-hybridized carbons (Fsp3) is 0.455. The number of carbonyl (C=O) groups is 2. The molecule has 5 heteroatoms. The minimum atomic E-state index is -0.476. The Bertz CT molecular complexity index is 376. The van der Waals surface area contributed by atoms with Crippen LogP contribution in [0.1, 0.15) is 25.6 Å². The molecular formula is C11H14O4S. The molecule has 1 aromatic heterocycles. The predicted molar refractivity (Wildman–Crippen MR) is 60.6 cm³/mol. The predicted octanol–water partition coefficient (Wildman–Crippen LogP) is 2.17. The molecular weight excluding hydrogens is 228 g/mol. The molecule has 4 nitrogen and oxygen atoms in total. The van der Waals surface area contributed by atoms with E-state index in [1.807, 2.05) is 20.8 Å². The van der Waals surface area contributed by atoms with Crippen molar-refractivity contribution < 1.29 is 19.1 Å². The normalized spacial score (nSPS) is 10.9. The highest BCUT2D eigenvalue weighted by molar-refractivity contribution is 7.14. The van der Waals surface area contributed by atoms with Gasteiger partial charge >= 0.3 is 5.97 Å². The molecule has 0 N–H and O–H groups in total. The fourth-order valence-corrected chi connectivity index (χ4v) is 1.89. The van der Waals surface area contributed by atoms with Crippen molar-refractivity contribution >= 4 is 23.8 Å². The van der Waals surface area contributed by atoms with Gasteiger partial charge < -0.3 is 9.47 Å². The Morgan fingerprint density at radius 2 is 2.12 bits per heavy atom. The van der Waals surface area contributed by atoms with Crippen molar-refractivity contribution in [3.05, 3.63) is 17.0 Å². The first-order valence-electron chi connectivity index (χ1n) is 4.81. The lowest BCUT2D eigenvalue weighted by atomic mass is 10.2. The summed E-state index contributed by atoms with van der Waals surface area (Å²) in [7, 11) is 0. The number of hydrogen-bond acceptors (Lipinski definition) is 5. The first kappa shape index (κ1) is 12.7. The smallest absolute Gasteiger partial charge is 0.311 e. The molecule has 88 valence electrons. The van der Waals surface area contributed by atoms with Crippen LogP contribution < -0.4 is 4.74 Å². The van der Waals surface area contributed by atoms with E-state index in [9.17, 15) is 9.59 Å². The SMILES string of the molecule is CC(C)(C)OC(=O)Cc1ccc(OC=O)s1. The maximum absolute atomic E-state index is 11.5. The highest BCUT2D eigenvalue weighted by Crippen LogP contribution is 2.24. The second-order valence-corrected chi connectivity index (χ2v) is 5.33. The molecule has 0 aromatic carbocycles. The van der Waals surface area contributed by atoms with E-state index < -0.39 is 5.60 Å². The van der Waals surface area contributed by atoms with Crippen molar-refractivity contribution in [3.63, 3.8) is 0 Å². The lowest BCUT2D eigenvalue weighted by Gasteiger charge is -2.19. The zero-order valence-electron chi connectivity index (χ0n) is 9.48. The number of carbonyl (C=O) groups excluding carboxylic acids is 2. The average Bonchev–Trinajstić information content (AvgIpc) is 2.49. The Kier molecular flexibility index (Phi) is 4.06. The molecule has 16 heavy (non-hydrogen) atoms. The third-order valence-corrected chi connectivity index (χ3v) is 2.52. The molecule has 0 radical (unpaired) electrons. The van der Waals surface area contributed by atoms with Crippen LogP contribution in [0.5, 0.6) is 5.06 Å². The summed E-state index contributed by atoms with van der Waals surface area (Å²) in [4.78, 5) is 22.4. The first-order chi connectivity index (χ1) is 7.40. The maximum atomic E-state index is 11.5. The summed E-state index contributed by atoms with van der Waals surface area (Å²) in [5, 5.41) is 0.480. The van der Waals surface area contributed by atoms with Gasteiger partial charge in [-0.2, -0.15) is 0 Å². The van der Waals surface area contributed by atoms with E-state index in [4.69, 9.17) is 4.74 Å². The molecule has 1 heterocycles. The van der Waals surface area contributed by atoms with Crippen LogP contribution in [-0.2, 0) is 20.7 Å². The molecule has 0 aliphatic carbocycles. The fourth-order valence-electron chi connectivity index (χ4n) is 1.08. The largest absolute Gasteiger partial charge is 0.460 e. The third kappa shape index (κ3) is 4.44. The standard InChI is InChI=1S/C11H14O4S/c1-11(2,3)15-9(13)6-8-4-5-10(16-8)14-7-12/h4-5,7H,6H2,1-3H3. The molecule has 0 fully saturated rings. The quantitative estimate of drug-likeness (QED) is 0.599. The minimum absolute atomic E-state index is 0.199. The molecule has 1 rings (SSSR count). The van der Waals surface area contributed by atoms with Crippen molar-refractivity contribution in [1.29, 1.82) is 0 Å². The summed E-state index contributed by atoms with van der Waals surface area (Å²) in [6, 6.07) is 3.40. The van der Waals surface area contributed by atoms with E-state index in [1.165, 1.54) is 11.3 Å². The molecule has 0 aliphatic rings. The monoisotopic (exact) mass is 242 g/mol. The van der Waals surface area contributed by atoms with E-state index in [0.717, 1.165) is 4.88 Å². The summed E-state index contributed by atoms with van der Waals surface area (Å²) >= 11 is 1.26. The van der Waals surface area contributed by atoms with Crippen molar-refractivity contribution in [1.82, 2.24) is 0 Å². The third-order valence-electron chi connectivity index (χ3n) is 1.54. The van der Waals surface area contributed by atoms with Gasteiger partial charge in [0.05, 0.1) is 6.42 Å². The Morgan fingerprint density at radius 1 is 1.44 bits per heavy atom. The van der Waals surface area contributed by atoms with E-state index in [1.54, 1.807) is 12.1 Å². The zero-order chi connectivity index (χ0) is 12.2. The molecule has 1 aromatic rings. The summed E-state index contributed by atoms with van der Waals surface area (Å²) in [6.45, 7) is 5.82. The van der Waals surface area contributed by atoms with E-state index >= 15 is 0 Å². The van der Waals surface area contributed by atoms with Crippen LogP contribution in [0.4, 0.5) is 0 Å². The van der Waals surface area contributed by atoms with Crippen LogP contribution in [0.25, 0.3) is 0 Å². The summed E-state index contributed by atoms with van der Waals surface area (Å²) in [5.41, 5.74) is -0.476. The highest BCUT2D eigenvalue weighted by atomic mass is 32.1. The van der Waals surface area contributed by atoms with Gasteiger partial charge in [-0.3, -0.25) is 9.59 Å². The summed E-state index contributed by atoms with van der Waals surface area (Å²) < 4.78 is 9.82. The minimum Gasteiger partial charge on any atom is -0.460 e. The van der Waals surface area contributed by atoms with Gasteiger partial charge in [-0.15, -0.1) is 11.3 Å². The van der Waals surface area contributed by atoms with Gasteiger partial charge in [-0.1, -0.05) is 0 Å². The van der Waals surface area contributed by atoms with Crippen molar-refractivity contribution in [3.8, 4) is 5.06 Å². The molecule has 0 amide bonds. The summed E-state index contributed by atoms with van der Waals surface area (Å²) in [5.74, 6) is -0.285. The number of hydrogen-bond donors (Lipinski definition) is 0. The molecule has 0 saturated heterocycles. The Hall–Kier alpha value is -1.36. The second-order valence-electron chi connectivity index (χ2n) is 4.20. The van der Waals surface area contributed by atoms with Crippen molar-refractivity contribution in [2.75, 3.05) is 0 Å². The maximum Gasteiger partial charge on any atom is 0.311 e. The average molecular weight is 242 g/mol. The van der Waals surface area contributed by atoms with Gasteiger partial charge in [-0.05, 0) is 32.9 Å². The van der Waals surface area contributed by atoms with Crippen LogP contribution in [0.2, 0.25) is 0 Å². The number of rotatable bonds is 4. The Labute approximate surface area is 98.2 Å². The van der Waals surface area contributed by atoms with Gasteiger partial charge in [0.1, 0.15) is 5.60 Å². The van der Waals surface area contributed by atoms with E-state index in [2.05, 4.69) is 4.74 Å². The highest BCUT2D eigenvalue weighted by Gasteiger charge is 2.17. The van der Waals surface area contributed by atoms with E-state index in [0.29, 0.717) is 11.5 Å². The molecule has 0 saturated carbocycles. The Morgan fingerprint density at radius 3 is 2.69 bits per heavy atom. The summed E-state index contributed by atoms with van der Waals surface area (Å²) in [6.07, 6.45) is 0.199. The van der Waals surface area contributed by atoms with Gasteiger partial charge in [0, 0.05) is 4.88 Å². The van der Waals surface area contributed by atoms with Crippen LogP contribution in [0.15, 0.2) is 12.1 Å². The van der Waals surface area contributed by atoms with Crippen LogP contribution in [-0.4, -0.2) is 18.0 Å². The van der Waals surface area contributed by atoms with E-state index in [-0.39, 0.29) is 12.4 Å². The second kappa shape index (κ2) is 5.12. The lowest BCUT2D eigenvalue weighted by Crippen LogP contribution is -2.24. The molecule has 0 aliphatic heterocycles. The molecule has 0 atom stereocenters. The topological polar surface area (TPSA) is 52.6 Å². The first-order valence-corrected chi connectivity index (χ1v) is 5.63. The number of esters is 1. The molecule has 0 spiro atoms. The molecule has 0 bridgehead atoms. The van der Waals surface area contributed by atoms with Gasteiger partial charge in [0.15, 0.2) is 5.06 Å². The zero-order valence-corrected chi connectivity index (χ0v) is 10.3. The van der Waals surface area contributed by atoms with Crippen LogP contribution in [0.3, 0.4) is 0 Å². The van der Waals surface area contributed by atoms with Crippen molar-refractivity contribution in [2.45, 2.75) is 32.8 Å². The van der Waals surface area contributed by atoms with Crippen LogP contribution >= 0.6 is 11.3 Å². The lowest BCUT2D eigenvalue weighted by molar-refractivity contribution is -0.153. The van der Waals surface area contributed by atoms with Gasteiger partial charge in [0.2, 0.25) is 0 Å². The molecule has 0 unspecified atom stereocenters. The van der Waals surface area contributed by atoms with Crippen molar-refractivity contribution in [2.24, 2.45) is 0 Å². The van der Waals surface area contributed by atoms with Crippen LogP contribution in [0, 0.1) is 0 Å². The van der Waals surface area contributed by atoms with Gasteiger partial charge in [0.25, 0.3) is 6.47 Å². The Balaban J connectivity index is 2.53. The van der Waals surface area contributed by atoms with Gasteiger partial charge in [-0.25, -0.2) is 0 Å².